The van der Waals surface area contributed by atoms with Crippen LogP contribution in [-0.2, 0) is 28.6 Å². The minimum Gasteiger partial charge on any atom is -0.462 e. The van der Waals surface area contributed by atoms with E-state index in [0.717, 1.165) is 75.5 Å². The second-order valence-electron chi connectivity index (χ2n) is 20.4. The number of rotatable bonds is 49. The van der Waals surface area contributed by atoms with Crippen molar-refractivity contribution >= 4 is 17.9 Å². The van der Waals surface area contributed by atoms with Gasteiger partial charge in [-0.25, -0.2) is 0 Å². The Labute approximate surface area is 387 Å². The highest BCUT2D eigenvalue weighted by Crippen LogP contribution is 2.18. The zero-order valence-electron chi connectivity index (χ0n) is 42.7. The number of esters is 3. The Kier molecular flexibility index (Phi) is 46.2. The van der Waals surface area contributed by atoms with Gasteiger partial charge in [-0.05, 0) is 37.0 Å². The van der Waals surface area contributed by atoms with Crippen LogP contribution in [0.3, 0.4) is 0 Å². The van der Waals surface area contributed by atoms with E-state index < -0.39 is 6.10 Å². The molecule has 0 aromatic rings. The fourth-order valence-electron chi connectivity index (χ4n) is 8.44. The van der Waals surface area contributed by atoms with Gasteiger partial charge in [-0.3, -0.25) is 14.4 Å². The Morgan fingerprint density at radius 1 is 0.323 bits per heavy atom. The second kappa shape index (κ2) is 47.4. The molecule has 0 saturated carbocycles. The predicted octanol–water partition coefficient (Wildman–Crippen LogP) is 17.9. The van der Waals surface area contributed by atoms with Crippen molar-refractivity contribution in [3.8, 4) is 0 Å². The fraction of sp³-hybridized carbons (Fsp3) is 0.946. The second-order valence-corrected chi connectivity index (χ2v) is 20.4. The molecule has 6 nitrogen and oxygen atoms in total. The first-order chi connectivity index (χ1) is 30.1. The first kappa shape index (κ1) is 60.4. The van der Waals surface area contributed by atoms with Crippen molar-refractivity contribution in [2.24, 2.45) is 17.8 Å². The molecule has 0 N–H and O–H groups in total. The average molecular weight is 877 g/mol. The largest absolute Gasteiger partial charge is 0.462 e. The van der Waals surface area contributed by atoms with Gasteiger partial charge in [0.25, 0.3) is 0 Å². The van der Waals surface area contributed by atoms with Crippen LogP contribution in [0, 0.1) is 17.8 Å². The van der Waals surface area contributed by atoms with Crippen LogP contribution in [0.4, 0.5) is 0 Å². The SMILES string of the molecule is CCC(C)CCCCCCCCCCCCC(=O)OC[C@@H](COC(=O)CCCCCCCCCCCCCCC(C)C)OC(=O)CCCCCCCCCCCCCCC(C)C. The van der Waals surface area contributed by atoms with E-state index in [1.54, 1.807) is 0 Å². The summed E-state index contributed by atoms with van der Waals surface area (Å²) in [7, 11) is 0. The fourth-order valence-corrected chi connectivity index (χ4v) is 8.44. The van der Waals surface area contributed by atoms with E-state index in [9.17, 15) is 14.4 Å². The van der Waals surface area contributed by atoms with E-state index in [1.165, 1.54) is 186 Å². The van der Waals surface area contributed by atoms with E-state index >= 15 is 0 Å². The maximum Gasteiger partial charge on any atom is 0.306 e. The zero-order chi connectivity index (χ0) is 45.6. The molecule has 1 unspecified atom stereocenters. The number of hydrogen-bond acceptors (Lipinski definition) is 6. The summed E-state index contributed by atoms with van der Waals surface area (Å²) in [5.74, 6) is 1.69. The Bertz CT molecular complexity index is 962. The summed E-state index contributed by atoms with van der Waals surface area (Å²) in [6.07, 6.45) is 47.9. The monoisotopic (exact) mass is 877 g/mol. The number of unbranched alkanes of at least 4 members (excludes halogenated alkanes) is 31. The Hall–Kier alpha value is -1.59. The minimum atomic E-state index is -0.763. The molecule has 0 aromatic carbocycles. The molecule has 0 rings (SSSR count). The highest BCUT2D eigenvalue weighted by molar-refractivity contribution is 5.71. The summed E-state index contributed by atoms with van der Waals surface area (Å²) in [5.41, 5.74) is 0. The Morgan fingerprint density at radius 2 is 0.565 bits per heavy atom. The maximum atomic E-state index is 12.8. The van der Waals surface area contributed by atoms with Gasteiger partial charge in [0.1, 0.15) is 13.2 Å². The third-order valence-corrected chi connectivity index (χ3v) is 13.0. The molecular weight excluding hydrogens is 769 g/mol. The van der Waals surface area contributed by atoms with Crippen LogP contribution in [0.25, 0.3) is 0 Å². The molecule has 368 valence electrons. The zero-order valence-corrected chi connectivity index (χ0v) is 42.7. The van der Waals surface area contributed by atoms with Crippen molar-refractivity contribution in [2.75, 3.05) is 13.2 Å². The van der Waals surface area contributed by atoms with E-state index in [1.807, 2.05) is 0 Å². The molecule has 0 aliphatic carbocycles. The quantitative estimate of drug-likeness (QED) is 0.0344. The van der Waals surface area contributed by atoms with Crippen LogP contribution in [0.5, 0.6) is 0 Å². The van der Waals surface area contributed by atoms with E-state index in [2.05, 4.69) is 41.5 Å². The third-order valence-electron chi connectivity index (χ3n) is 13.0. The molecule has 62 heavy (non-hydrogen) atoms. The topological polar surface area (TPSA) is 78.9 Å². The summed E-state index contributed by atoms with van der Waals surface area (Å²) in [4.78, 5) is 38.1. The molecule has 0 aromatic heterocycles. The number of carbonyl (C=O) groups is 3. The van der Waals surface area contributed by atoms with E-state index in [-0.39, 0.29) is 31.1 Å². The summed E-state index contributed by atoms with van der Waals surface area (Å²) in [5, 5.41) is 0. The summed E-state index contributed by atoms with van der Waals surface area (Å²) in [6.45, 7) is 13.8. The third kappa shape index (κ3) is 47.9. The van der Waals surface area contributed by atoms with Crippen LogP contribution in [0.2, 0.25) is 0 Å². The van der Waals surface area contributed by atoms with Crippen LogP contribution in [-0.4, -0.2) is 37.2 Å². The van der Waals surface area contributed by atoms with Gasteiger partial charge in [0.2, 0.25) is 0 Å². The lowest BCUT2D eigenvalue weighted by atomic mass is 9.99. The van der Waals surface area contributed by atoms with Gasteiger partial charge in [-0.15, -0.1) is 0 Å². The van der Waals surface area contributed by atoms with Gasteiger partial charge in [-0.2, -0.15) is 0 Å². The van der Waals surface area contributed by atoms with Crippen molar-refractivity contribution in [3.05, 3.63) is 0 Å². The number of carbonyl (C=O) groups excluding carboxylic acids is 3. The van der Waals surface area contributed by atoms with Gasteiger partial charge < -0.3 is 14.2 Å². The molecule has 0 aliphatic rings. The standard InChI is InChI=1S/C56H108O6/c1-7-52(6)44-38-32-26-20-16-17-22-28-34-40-46-55(58)61-49-53(62-56(59)47-41-35-29-23-15-11-9-13-19-25-31-37-43-51(4)5)48-60-54(57)45-39-33-27-21-14-10-8-12-18-24-30-36-42-50(2)3/h50-53H,7-49H2,1-6H3/t52?,53-/m1/s1. The van der Waals surface area contributed by atoms with Crippen LogP contribution in [0.1, 0.15) is 305 Å². The highest BCUT2D eigenvalue weighted by atomic mass is 16.6. The molecule has 0 spiro atoms. The molecule has 0 saturated heterocycles. The van der Waals surface area contributed by atoms with Gasteiger partial charge in [0, 0.05) is 19.3 Å². The lowest BCUT2D eigenvalue weighted by Gasteiger charge is -2.18. The van der Waals surface area contributed by atoms with Crippen molar-refractivity contribution < 1.29 is 28.6 Å². The Morgan fingerprint density at radius 3 is 0.839 bits per heavy atom. The molecule has 6 heteroatoms. The molecule has 0 amide bonds. The maximum absolute atomic E-state index is 12.8. The van der Waals surface area contributed by atoms with Crippen LogP contribution < -0.4 is 0 Å². The minimum absolute atomic E-state index is 0.0641. The molecular formula is C56H108O6. The lowest BCUT2D eigenvalue weighted by Crippen LogP contribution is -2.30. The normalized spacial score (nSPS) is 12.6. The van der Waals surface area contributed by atoms with Crippen molar-refractivity contribution in [3.63, 3.8) is 0 Å². The summed E-state index contributed by atoms with van der Waals surface area (Å²) >= 11 is 0. The molecule has 2 atom stereocenters. The predicted molar refractivity (Wildman–Crippen MR) is 266 cm³/mol. The highest BCUT2D eigenvalue weighted by Gasteiger charge is 2.19. The Balaban J connectivity index is 4.33. The summed E-state index contributed by atoms with van der Waals surface area (Å²) in [6, 6.07) is 0. The number of hydrogen-bond donors (Lipinski definition) is 0. The van der Waals surface area contributed by atoms with Gasteiger partial charge in [-0.1, -0.05) is 266 Å². The van der Waals surface area contributed by atoms with Crippen LogP contribution >= 0.6 is 0 Å². The first-order valence-electron chi connectivity index (χ1n) is 27.6. The van der Waals surface area contributed by atoms with E-state index in [0.29, 0.717) is 19.3 Å². The lowest BCUT2D eigenvalue weighted by molar-refractivity contribution is -0.167. The number of ether oxygens (including phenoxy) is 3. The smallest absolute Gasteiger partial charge is 0.306 e. The molecule has 0 fully saturated rings. The van der Waals surface area contributed by atoms with Crippen molar-refractivity contribution in [1.82, 2.24) is 0 Å². The first-order valence-corrected chi connectivity index (χ1v) is 27.6. The van der Waals surface area contributed by atoms with Gasteiger partial charge >= 0.3 is 17.9 Å². The van der Waals surface area contributed by atoms with Crippen molar-refractivity contribution in [2.45, 2.75) is 311 Å². The van der Waals surface area contributed by atoms with Crippen LogP contribution in [0.15, 0.2) is 0 Å². The molecule has 0 aliphatic heterocycles. The van der Waals surface area contributed by atoms with Gasteiger partial charge in [0.15, 0.2) is 6.10 Å². The summed E-state index contributed by atoms with van der Waals surface area (Å²) < 4.78 is 16.9. The average Bonchev–Trinajstić information content (AvgIpc) is 3.24. The molecule has 0 radical (unpaired) electrons. The van der Waals surface area contributed by atoms with E-state index in [4.69, 9.17) is 14.2 Å². The molecule has 0 bridgehead atoms. The van der Waals surface area contributed by atoms with Gasteiger partial charge in [0.05, 0.1) is 0 Å². The van der Waals surface area contributed by atoms with Crippen molar-refractivity contribution in [1.29, 1.82) is 0 Å². The molecule has 0 heterocycles.